The number of para-hydroxylation sites is 1. The molecular formula is C18H11NO2. The number of benzene rings is 2. The Morgan fingerprint density at radius 3 is 2.76 bits per heavy atom. The van der Waals surface area contributed by atoms with Crippen LogP contribution in [0.1, 0.15) is 0 Å². The van der Waals surface area contributed by atoms with Gasteiger partial charge >= 0.3 is 0 Å². The van der Waals surface area contributed by atoms with E-state index in [0.29, 0.717) is 16.7 Å². The van der Waals surface area contributed by atoms with Crippen molar-refractivity contribution in [2.45, 2.75) is 0 Å². The molecule has 0 N–H and O–H groups in total. The van der Waals surface area contributed by atoms with Crippen LogP contribution in [0.25, 0.3) is 33.2 Å². The highest BCUT2D eigenvalue weighted by Crippen LogP contribution is 2.25. The van der Waals surface area contributed by atoms with Gasteiger partial charge in [-0.05, 0) is 36.4 Å². The average molecular weight is 273 g/mol. The lowest BCUT2D eigenvalue weighted by Crippen LogP contribution is -1.99. The highest BCUT2D eigenvalue weighted by molar-refractivity contribution is 5.84. The Labute approximate surface area is 120 Å². The SMILES string of the molecule is O=c1cc(-c2ccc3ncccc3c2)oc2ccccc12. The molecule has 4 rings (SSSR count). The first-order chi connectivity index (χ1) is 10.3. The molecule has 3 heteroatoms. The smallest absolute Gasteiger partial charge is 0.193 e. The van der Waals surface area contributed by atoms with Crippen molar-refractivity contribution in [1.82, 2.24) is 4.98 Å². The standard InChI is InChI=1S/C18H11NO2/c20-16-11-18(21-17-6-2-1-5-14(16)17)13-7-8-15-12(10-13)4-3-9-19-15/h1-11H. The third-order valence-corrected chi connectivity index (χ3v) is 3.52. The second-order valence-corrected chi connectivity index (χ2v) is 4.88. The van der Waals surface area contributed by atoms with E-state index in [1.165, 1.54) is 0 Å². The van der Waals surface area contributed by atoms with Crippen LogP contribution in [0.3, 0.4) is 0 Å². The normalized spacial score (nSPS) is 11.0. The zero-order valence-electron chi connectivity index (χ0n) is 11.1. The number of rotatable bonds is 1. The fourth-order valence-corrected chi connectivity index (χ4v) is 2.48. The first-order valence-electron chi connectivity index (χ1n) is 6.69. The van der Waals surface area contributed by atoms with E-state index >= 15 is 0 Å². The van der Waals surface area contributed by atoms with Gasteiger partial charge in [0.15, 0.2) is 5.43 Å². The largest absolute Gasteiger partial charge is 0.456 e. The summed E-state index contributed by atoms with van der Waals surface area (Å²) in [5, 5.41) is 1.62. The number of nitrogens with zero attached hydrogens (tertiary/aromatic N) is 1. The van der Waals surface area contributed by atoms with E-state index in [0.717, 1.165) is 16.5 Å². The minimum atomic E-state index is -0.0295. The second-order valence-electron chi connectivity index (χ2n) is 4.88. The molecule has 0 saturated carbocycles. The summed E-state index contributed by atoms with van der Waals surface area (Å²) < 4.78 is 5.86. The van der Waals surface area contributed by atoms with Gasteiger partial charge in [-0.25, -0.2) is 0 Å². The summed E-state index contributed by atoms with van der Waals surface area (Å²) in [5.74, 6) is 0.574. The van der Waals surface area contributed by atoms with Crippen molar-refractivity contribution in [3.05, 3.63) is 77.1 Å². The summed E-state index contributed by atoms with van der Waals surface area (Å²) in [6, 6.07) is 18.5. The molecule has 0 saturated heterocycles. The van der Waals surface area contributed by atoms with Gasteiger partial charge < -0.3 is 4.42 Å². The molecule has 2 heterocycles. The number of fused-ring (bicyclic) bond motifs is 2. The lowest BCUT2D eigenvalue weighted by atomic mass is 10.1. The Kier molecular flexibility index (Phi) is 2.57. The molecule has 100 valence electrons. The molecule has 0 aliphatic carbocycles. The molecule has 2 aromatic carbocycles. The molecule has 0 atom stereocenters. The summed E-state index contributed by atoms with van der Waals surface area (Å²) in [6.45, 7) is 0. The van der Waals surface area contributed by atoms with Gasteiger partial charge in [0.1, 0.15) is 11.3 Å². The third kappa shape index (κ3) is 1.99. The quantitative estimate of drug-likeness (QED) is 0.526. The lowest BCUT2D eigenvalue weighted by Gasteiger charge is -2.04. The minimum absolute atomic E-state index is 0.0295. The molecule has 0 spiro atoms. The van der Waals surface area contributed by atoms with E-state index in [-0.39, 0.29) is 5.43 Å². The second kappa shape index (κ2) is 4.56. The fraction of sp³-hybridized carbons (Fsp3) is 0. The van der Waals surface area contributed by atoms with Crippen molar-refractivity contribution in [1.29, 1.82) is 0 Å². The number of pyridine rings is 1. The van der Waals surface area contributed by atoms with Gasteiger partial charge in [0.2, 0.25) is 0 Å². The van der Waals surface area contributed by atoms with E-state index in [1.807, 2.05) is 48.5 Å². The monoisotopic (exact) mass is 273 g/mol. The molecule has 2 aromatic heterocycles. The Hall–Kier alpha value is -2.94. The Morgan fingerprint density at radius 2 is 1.81 bits per heavy atom. The molecule has 0 fully saturated rings. The van der Waals surface area contributed by atoms with Crippen LogP contribution in [0.2, 0.25) is 0 Å². The first kappa shape index (κ1) is 11.9. The maximum Gasteiger partial charge on any atom is 0.193 e. The molecule has 3 nitrogen and oxygen atoms in total. The summed E-state index contributed by atoms with van der Waals surface area (Å²) in [6.07, 6.45) is 1.76. The molecule has 21 heavy (non-hydrogen) atoms. The highest BCUT2D eigenvalue weighted by Gasteiger charge is 2.07. The maximum absolute atomic E-state index is 12.2. The molecule has 0 aliphatic heterocycles. The Balaban J connectivity index is 1.97. The van der Waals surface area contributed by atoms with Crippen LogP contribution in [-0.4, -0.2) is 4.98 Å². The van der Waals surface area contributed by atoms with Gasteiger partial charge in [0, 0.05) is 23.2 Å². The van der Waals surface area contributed by atoms with Gasteiger partial charge in [0.05, 0.1) is 10.9 Å². The first-order valence-corrected chi connectivity index (χ1v) is 6.69. The molecular weight excluding hydrogens is 262 g/mol. The topological polar surface area (TPSA) is 43.1 Å². The van der Waals surface area contributed by atoms with Crippen molar-refractivity contribution in [2.24, 2.45) is 0 Å². The van der Waals surface area contributed by atoms with Gasteiger partial charge in [-0.2, -0.15) is 0 Å². The van der Waals surface area contributed by atoms with Crippen LogP contribution in [0.15, 0.2) is 76.1 Å². The van der Waals surface area contributed by atoms with Gasteiger partial charge in [-0.1, -0.05) is 18.2 Å². The van der Waals surface area contributed by atoms with E-state index in [9.17, 15) is 4.79 Å². The zero-order valence-corrected chi connectivity index (χ0v) is 11.1. The summed E-state index contributed by atoms with van der Waals surface area (Å²) in [5.41, 5.74) is 2.37. The van der Waals surface area contributed by atoms with Crippen LogP contribution in [0.4, 0.5) is 0 Å². The van der Waals surface area contributed by atoms with Crippen LogP contribution in [0.5, 0.6) is 0 Å². The molecule has 0 unspecified atom stereocenters. The van der Waals surface area contributed by atoms with Crippen LogP contribution >= 0.6 is 0 Å². The Bertz CT molecular complexity index is 1020. The van der Waals surface area contributed by atoms with Crippen molar-refractivity contribution in [3.63, 3.8) is 0 Å². The van der Waals surface area contributed by atoms with Crippen LogP contribution in [-0.2, 0) is 0 Å². The molecule has 0 bridgehead atoms. The van der Waals surface area contributed by atoms with E-state index in [2.05, 4.69) is 4.98 Å². The zero-order chi connectivity index (χ0) is 14.2. The highest BCUT2D eigenvalue weighted by atomic mass is 16.3. The number of hydrogen-bond donors (Lipinski definition) is 0. The third-order valence-electron chi connectivity index (χ3n) is 3.52. The molecule has 0 radical (unpaired) electrons. The Morgan fingerprint density at radius 1 is 0.905 bits per heavy atom. The van der Waals surface area contributed by atoms with E-state index in [1.54, 1.807) is 18.3 Å². The summed E-state index contributed by atoms with van der Waals surface area (Å²) in [7, 11) is 0. The van der Waals surface area contributed by atoms with Crippen molar-refractivity contribution < 1.29 is 4.42 Å². The van der Waals surface area contributed by atoms with E-state index < -0.39 is 0 Å². The maximum atomic E-state index is 12.2. The van der Waals surface area contributed by atoms with E-state index in [4.69, 9.17) is 4.42 Å². The van der Waals surface area contributed by atoms with Gasteiger partial charge in [0.25, 0.3) is 0 Å². The molecule has 0 aliphatic rings. The fourth-order valence-electron chi connectivity index (χ4n) is 2.48. The predicted molar refractivity (Wildman–Crippen MR) is 83.2 cm³/mol. The lowest BCUT2D eigenvalue weighted by molar-refractivity contribution is 0.619. The van der Waals surface area contributed by atoms with Gasteiger partial charge in [-0.15, -0.1) is 0 Å². The minimum Gasteiger partial charge on any atom is -0.456 e. The van der Waals surface area contributed by atoms with Gasteiger partial charge in [-0.3, -0.25) is 9.78 Å². The van der Waals surface area contributed by atoms with Crippen molar-refractivity contribution in [3.8, 4) is 11.3 Å². The number of aromatic nitrogens is 1. The summed E-state index contributed by atoms with van der Waals surface area (Å²) in [4.78, 5) is 16.5. The van der Waals surface area contributed by atoms with Crippen LogP contribution < -0.4 is 5.43 Å². The van der Waals surface area contributed by atoms with Crippen molar-refractivity contribution >= 4 is 21.9 Å². The predicted octanol–water partition coefficient (Wildman–Crippen LogP) is 4.01. The van der Waals surface area contributed by atoms with Crippen LogP contribution in [0, 0.1) is 0 Å². The molecule has 4 aromatic rings. The number of hydrogen-bond acceptors (Lipinski definition) is 3. The summed E-state index contributed by atoms with van der Waals surface area (Å²) >= 11 is 0. The van der Waals surface area contributed by atoms with Crippen molar-refractivity contribution in [2.75, 3.05) is 0 Å². The molecule has 0 amide bonds. The average Bonchev–Trinajstić information content (AvgIpc) is 2.54.